The Bertz CT molecular complexity index is 684. The Balaban J connectivity index is 0.000000211. The molecule has 6 nitrogen and oxygen atoms in total. The molecule has 2 aliphatic rings. The lowest BCUT2D eigenvalue weighted by molar-refractivity contribution is -0.0747. The molecule has 4 unspecified atom stereocenters. The molecule has 0 amide bonds. The van der Waals surface area contributed by atoms with E-state index in [9.17, 15) is 0 Å². The highest BCUT2D eigenvalue weighted by Crippen LogP contribution is 2.30. The summed E-state index contributed by atoms with van der Waals surface area (Å²) < 4.78 is 32.8. The first-order chi connectivity index (χ1) is 14.2. The molecule has 0 bridgehead atoms. The molecule has 2 aliphatic heterocycles. The van der Waals surface area contributed by atoms with Gasteiger partial charge in [-0.25, -0.2) is 0 Å². The van der Waals surface area contributed by atoms with Gasteiger partial charge < -0.3 is 28.1 Å². The van der Waals surface area contributed by atoms with Crippen molar-refractivity contribution < 1.29 is 28.1 Å². The third kappa shape index (κ3) is 6.84. The number of hydrogen-bond acceptors (Lipinski definition) is 6. The zero-order valence-electron chi connectivity index (χ0n) is 17.5. The molecular weight excluding hydrogens is 384 g/mol. The first kappa shape index (κ1) is 24.4. The summed E-state index contributed by atoms with van der Waals surface area (Å²) in [5, 5.41) is 0. The molecule has 2 fully saturated rings. The number of methoxy groups -OCH3 is 1. The van der Waals surface area contributed by atoms with Crippen LogP contribution in [-0.4, -0.2) is 32.5 Å². The van der Waals surface area contributed by atoms with Crippen LogP contribution in [0.2, 0.25) is 0 Å². The summed E-state index contributed by atoms with van der Waals surface area (Å²) in [6.07, 6.45) is 5.99. The summed E-state index contributed by atoms with van der Waals surface area (Å²) in [4.78, 5) is 0. The first-order valence-corrected chi connectivity index (χ1v) is 10.4. The molecule has 1 aromatic carbocycles. The molecule has 4 atom stereocenters. The molecule has 3 heterocycles. The van der Waals surface area contributed by atoms with Crippen LogP contribution < -0.4 is 4.74 Å². The van der Waals surface area contributed by atoms with Gasteiger partial charge in [0.25, 0.3) is 0 Å². The van der Waals surface area contributed by atoms with E-state index in [2.05, 4.69) is 13.8 Å². The highest BCUT2D eigenvalue weighted by atomic mass is 16.7. The zero-order valence-corrected chi connectivity index (χ0v) is 17.5. The lowest BCUT2D eigenvalue weighted by Crippen LogP contribution is -2.08. The molecular formula is C24H36O6. The van der Waals surface area contributed by atoms with E-state index in [0.717, 1.165) is 42.8 Å². The van der Waals surface area contributed by atoms with Crippen molar-refractivity contribution in [2.75, 3.05) is 20.3 Å². The predicted octanol–water partition coefficient (Wildman–Crippen LogP) is 6.04. The molecule has 0 radical (unpaired) electrons. The van der Waals surface area contributed by atoms with E-state index in [0.29, 0.717) is 13.2 Å². The van der Waals surface area contributed by atoms with E-state index < -0.39 is 0 Å². The second-order valence-electron chi connectivity index (χ2n) is 7.21. The second kappa shape index (κ2) is 12.7. The van der Waals surface area contributed by atoms with Gasteiger partial charge in [0.1, 0.15) is 5.75 Å². The smallest absolute Gasteiger partial charge is 0.217 e. The van der Waals surface area contributed by atoms with Gasteiger partial charge in [0.2, 0.25) is 6.29 Å². The summed E-state index contributed by atoms with van der Waals surface area (Å²) >= 11 is 0. The fourth-order valence-corrected chi connectivity index (χ4v) is 3.35. The fourth-order valence-electron chi connectivity index (χ4n) is 3.35. The van der Waals surface area contributed by atoms with Crippen molar-refractivity contribution in [3.63, 3.8) is 0 Å². The summed E-state index contributed by atoms with van der Waals surface area (Å²) in [5.41, 5.74) is 1.06. The normalized spacial score (nSPS) is 25.3. The van der Waals surface area contributed by atoms with E-state index in [1.165, 1.54) is 0 Å². The summed E-state index contributed by atoms with van der Waals surface area (Å²) in [6, 6.07) is 11.5. The van der Waals surface area contributed by atoms with Crippen LogP contribution in [0.3, 0.4) is 0 Å². The summed E-state index contributed by atoms with van der Waals surface area (Å²) in [6.45, 7) is 5.68. The molecule has 0 spiro atoms. The van der Waals surface area contributed by atoms with E-state index in [4.69, 9.17) is 28.1 Å². The summed E-state index contributed by atoms with van der Waals surface area (Å²) in [5.74, 6) is 1.62. The Kier molecular flexibility index (Phi) is 10.4. The third-order valence-electron chi connectivity index (χ3n) is 4.88. The Morgan fingerprint density at radius 2 is 1.47 bits per heavy atom. The van der Waals surface area contributed by atoms with Gasteiger partial charge in [0.15, 0.2) is 12.1 Å². The van der Waals surface area contributed by atoms with Crippen molar-refractivity contribution in [1.29, 1.82) is 0 Å². The van der Waals surface area contributed by atoms with Gasteiger partial charge in [-0.05, 0) is 37.1 Å². The largest absolute Gasteiger partial charge is 0.497 e. The average Bonchev–Trinajstić information content (AvgIpc) is 3.51. The molecule has 2 aromatic rings. The highest BCUT2D eigenvalue weighted by Gasteiger charge is 2.28. The fraction of sp³-hybridized carbons (Fsp3) is 0.583. The van der Waals surface area contributed by atoms with Gasteiger partial charge in [-0.15, -0.1) is 0 Å². The molecule has 0 saturated carbocycles. The number of rotatable bonds is 7. The zero-order chi connectivity index (χ0) is 20.5. The first-order valence-electron chi connectivity index (χ1n) is 10.4. The van der Waals surface area contributed by atoms with Crippen LogP contribution >= 0.6 is 0 Å². The number of furan rings is 1. The van der Waals surface area contributed by atoms with Crippen LogP contribution in [0.4, 0.5) is 0 Å². The van der Waals surface area contributed by atoms with Gasteiger partial charge in [0, 0.05) is 5.56 Å². The van der Waals surface area contributed by atoms with Crippen LogP contribution in [0.1, 0.15) is 70.9 Å². The highest BCUT2D eigenvalue weighted by molar-refractivity contribution is 5.28. The van der Waals surface area contributed by atoms with E-state index >= 15 is 0 Å². The quantitative estimate of drug-likeness (QED) is 0.544. The Morgan fingerprint density at radius 1 is 0.867 bits per heavy atom. The topological polar surface area (TPSA) is 59.3 Å². The molecule has 6 heteroatoms. The van der Waals surface area contributed by atoms with Gasteiger partial charge in [-0.2, -0.15) is 0 Å². The van der Waals surface area contributed by atoms with Crippen LogP contribution in [-0.2, 0) is 18.9 Å². The average molecular weight is 421 g/mol. The SMILES string of the molecule is C.CCCC1COC(c2ccc(OC)cc2)O1.CCCC1COC(c2ccco2)O1. The lowest BCUT2D eigenvalue weighted by Gasteiger charge is -2.11. The predicted molar refractivity (Wildman–Crippen MR) is 115 cm³/mol. The van der Waals surface area contributed by atoms with Gasteiger partial charge >= 0.3 is 0 Å². The molecule has 30 heavy (non-hydrogen) atoms. The van der Waals surface area contributed by atoms with Crippen LogP contribution in [0.5, 0.6) is 5.75 Å². The Labute approximate surface area is 180 Å². The molecule has 0 aliphatic carbocycles. The number of ether oxygens (including phenoxy) is 5. The van der Waals surface area contributed by atoms with Crippen LogP contribution in [0, 0.1) is 0 Å². The standard InChI is InChI=1S/C13H18O3.C10H14O3.CH4/c1-3-4-12-9-15-13(16-12)10-5-7-11(14-2)8-6-10;1-2-4-8-7-12-10(13-8)9-5-3-6-11-9;/h5-8,12-13H,3-4,9H2,1-2H3;3,5-6,8,10H,2,4,7H2,1H3;1H4. The molecule has 0 N–H and O–H groups in total. The minimum atomic E-state index is -0.286. The Hall–Kier alpha value is -1.86. The van der Waals surface area contributed by atoms with Gasteiger partial charge in [-0.3, -0.25) is 0 Å². The van der Waals surface area contributed by atoms with Crippen LogP contribution in [0.15, 0.2) is 47.1 Å². The third-order valence-corrected chi connectivity index (χ3v) is 4.88. The van der Waals surface area contributed by atoms with Crippen molar-refractivity contribution >= 4 is 0 Å². The van der Waals surface area contributed by atoms with Crippen molar-refractivity contribution in [3.05, 3.63) is 54.0 Å². The van der Waals surface area contributed by atoms with Crippen LogP contribution in [0.25, 0.3) is 0 Å². The van der Waals surface area contributed by atoms with Crippen molar-refractivity contribution in [2.24, 2.45) is 0 Å². The monoisotopic (exact) mass is 420 g/mol. The molecule has 1 aromatic heterocycles. The maximum absolute atomic E-state index is 5.80. The van der Waals surface area contributed by atoms with Crippen molar-refractivity contribution in [3.8, 4) is 5.75 Å². The minimum Gasteiger partial charge on any atom is -0.497 e. The second-order valence-corrected chi connectivity index (χ2v) is 7.21. The van der Waals surface area contributed by atoms with E-state index in [1.807, 2.05) is 36.4 Å². The van der Waals surface area contributed by atoms with E-state index in [-0.39, 0.29) is 32.2 Å². The molecule has 2 saturated heterocycles. The lowest BCUT2D eigenvalue weighted by atomic mass is 10.2. The van der Waals surface area contributed by atoms with Gasteiger partial charge in [0.05, 0.1) is 38.8 Å². The number of hydrogen-bond donors (Lipinski definition) is 0. The van der Waals surface area contributed by atoms with Gasteiger partial charge in [-0.1, -0.05) is 46.2 Å². The van der Waals surface area contributed by atoms with Crippen molar-refractivity contribution in [1.82, 2.24) is 0 Å². The maximum Gasteiger partial charge on any atom is 0.217 e. The number of benzene rings is 1. The van der Waals surface area contributed by atoms with Crippen molar-refractivity contribution in [2.45, 2.75) is 71.7 Å². The minimum absolute atomic E-state index is 0. The molecule has 4 rings (SSSR count). The summed E-state index contributed by atoms with van der Waals surface area (Å²) in [7, 11) is 1.66. The Morgan fingerprint density at radius 3 is 2.00 bits per heavy atom. The molecule has 168 valence electrons. The van der Waals surface area contributed by atoms with E-state index in [1.54, 1.807) is 13.4 Å². The maximum atomic E-state index is 5.80.